The van der Waals surface area contributed by atoms with Crippen molar-refractivity contribution < 1.29 is 9.90 Å². The van der Waals surface area contributed by atoms with E-state index in [0.29, 0.717) is 0 Å². The number of nitrogens with zero attached hydrogens (tertiary/aromatic N) is 1. The molecule has 0 radical (unpaired) electrons. The third-order valence-corrected chi connectivity index (χ3v) is 4.34. The van der Waals surface area contributed by atoms with Crippen LogP contribution < -0.4 is 0 Å². The summed E-state index contributed by atoms with van der Waals surface area (Å²) >= 11 is 3.20. The SMILES string of the molecule is CSc1cc(C(C)C(=O)O)ccc1-c1nccs1. The molecule has 94 valence electrons. The van der Waals surface area contributed by atoms with E-state index in [-0.39, 0.29) is 0 Å². The molecule has 1 heterocycles. The van der Waals surface area contributed by atoms with E-state index >= 15 is 0 Å². The lowest BCUT2D eigenvalue weighted by atomic mass is 10.00. The number of thioether (sulfide) groups is 1. The zero-order valence-electron chi connectivity index (χ0n) is 10.1. The highest BCUT2D eigenvalue weighted by Crippen LogP contribution is 2.33. The fraction of sp³-hybridized carbons (Fsp3) is 0.231. The Bertz CT molecular complexity index is 552. The van der Waals surface area contributed by atoms with E-state index in [2.05, 4.69) is 4.98 Å². The van der Waals surface area contributed by atoms with E-state index in [1.807, 2.05) is 29.8 Å². The van der Waals surface area contributed by atoms with E-state index in [1.54, 1.807) is 36.2 Å². The molecule has 3 nitrogen and oxygen atoms in total. The lowest BCUT2D eigenvalue weighted by molar-refractivity contribution is -0.138. The highest BCUT2D eigenvalue weighted by atomic mass is 32.2. The zero-order chi connectivity index (χ0) is 13.1. The van der Waals surface area contributed by atoms with Crippen LogP contribution in [0.15, 0.2) is 34.7 Å². The molecule has 1 aromatic heterocycles. The van der Waals surface area contributed by atoms with Crippen molar-refractivity contribution in [3.05, 3.63) is 35.3 Å². The van der Waals surface area contributed by atoms with Crippen molar-refractivity contribution in [1.29, 1.82) is 0 Å². The molecular formula is C13H13NO2S2. The van der Waals surface area contributed by atoms with Crippen molar-refractivity contribution in [1.82, 2.24) is 4.98 Å². The van der Waals surface area contributed by atoms with Crippen LogP contribution in [0.5, 0.6) is 0 Å². The van der Waals surface area contributed by atoms with Gasteiger partial charge in [-0.1, -0.05) is 12.1 Å². The van der Waals surface area contributed by atoms with Crippen LogP contribution in [0.2, 0.25) is 0 Å². The first-order valence-electron chi connectivity index (χ1n) is 5.44. The first-order valence-corrected chi connectivity index (χ1v) is 7.54. The van der Waals surface area contributed by atoms with Gasteiger partial charge in [0.1, 0.15) is 5.01 Å². The summed E-state index contributed by atoms with van der Waals surface area (Å²) in [6, 6.07) is 5.77. The number of benzene rings is 1. The van der Waals surface area contributed by atoms with Crippen LogP contribution in [0.3, 0.4) is 0 Å². The second-order valence-corrected chi connectivity index (χ2v) is 5.60. The molecule has 1 unspecified atom stereocenters. The second kappa shape index (κ2) is 5.54. The Morgan fingerprint density at radius 3 is 2.83 bits per heavy atom. The van der Waals surface area contributed by atoms with Crippen LogP contribution in [0.25, 0.3) is 10.6 Å². The van der Waals surface area contributed by atoms with Gasteiger partial charge in [0, 0.05) is 22.0 Å². The van der Waals surface area contributed by atoms with Gasteiger partial charge >= 0.3 is 5.97 Å². The molecule has 1 atom stereocenters. The van der Waals surface area contributed by atoms with Gasteiger partial charge in [0.25, 0.3) is 0 Å². The highest BCUT2D eigenvalue weighted by Gasteiger charge is 2.16. The Morgan fingerprint density at radius 2 is 2.28 bits per heavy atom. The largest absolute Gasteiger partial charge is 0.481 e. The van der Waals surface area contributed by atoms with Gasteiger partial charge in [0.15, 0.2) is 0 Å². The maximum atomic E-state index is 11.0. The normalized spacial score (nSPS) is 12.3. The Morgan fingerprint density at radius 1 is 1.50 bits per heavy atom. The first kappa shape index (κ1) is 13.1. The maximum absolute atomic E-state index is 11.0. The third kappa shape index (κ3) is 2.57. The third-order valence-electron chi connectivity index (χ3n) is 2.76. The standard InChI is InChI=1S/C13H13NO2S2/c1-8(13(15)16)9-3-4-10(11(7-9)17-2)12-14-5-6-18-12/h3-8H,1-2H3,(H,15,16). The average Bonchev–Trinajstić information content (AvgIpc) is 2.90. The van der Waals surface area contributed by atoms with E-state index in [0.717, 1.165) is 21.0 Å². The topological polar surface area (TPSA) is 50.2 Å². The molecule has 0 bridgehead atoms. The van der Waals surface area contributed by atoms with E-state index in [4.69, 9.17) is 5.11 Å². The number of aliphatic carboxylic acids is 1. The number of carboxylic acid groups (broad SMARTS) is 1. The molecule has 0 fully saturated rings. The number of hydrogen-bond donors (Lipinski definition) is 1. The number of rotatable bonds is 4. The summed E-state index contributed by atoms with van der Waals surface area (Å²) < 4.78 is 0. The van der Waals surface area contributed by atoms with E-state index in [1.165, 1.54) is 0 Å². The van der Waals surface area contributed by atoms with Gasteiger partial charge in [0.2, 0.25) is 0 Å². The van der Waals surface area contributed by atoms with Crippen LogP contribution >= 0.6 is 23.1 Å². The summed E-state index contributed by atoms with van der Waals surface area (Å²) in [6.45, 7) is 1.70. The number of thiazole rings is 1. The first-order chi connectivity index (χ1) is 8.63. The molecule has 0 amide bonds. The summed E-state index contributed by atoms with van der Waals surface area (Å²) in [5, 5.41) is 11.9. The van der Waals surface area contributed by atoms with Crippen molar-refractivity contribution in [3.63, 3.8) is 0 Å². The zero-order valence-corrected chi connectivity index (χ0v) is 11.7. The molecule has 1 N–H and O–H groups in total. The molecular weight excluding hydrogens is 266 g/mol. The predicted molar refractivity (Wildman–Crippen MR) is 75.4 cm³/mol. The number of hydrogen-bond acceptors (Lipinski definition) is 4. The summed E-state index contributed by atoms with van der Waals surface area (Å²) in [5.74, 6) is -1.29. The monoisotopic (exact) mass is 279 g/mol. The van der Waals surface area contributed by atoms with Gasteiger partial charge < -0.3 is 5.11 Å². The maximum Gasteiger partial charge on any atom is 0.310 e. The quantitative estimate of drug-likeness (QED) is 0.867. The molecule has 0 aliphatic carbocycles. The van der Waals surface area contributed by atoms with Gasteiger partial charge in [-0.15, -0.1) is 23.1 Å². The van der Waals surface area contributed by atoms with Gasteiger partial charge in [-0.2, -0.15) is 0 Å². The molecule has 0 saturated carbocycles. The highest BCUT2D eigenvalue weighted by molar-refractivity contribution is 7.98. The fourth-order valence-electron chi connectivity index (χ4n) is 1.65. The second-order valence-electron chi connectivity index (χ2n) is 3.86. The fourth-order valence-corrected chi connectivity index (χ4v) is 3.03. The molecule has 0 aliphatic rings. The van der Waals surface area contributed by atoms with Gasteiger partial charge in [0.05, 0.1) is 5.92 Å². The lowest BCUT2D eigenvalue weighted by Gasteiger charge is -2.11. The van der Waals surface area contributed by atoms with Crippen molar-refractivity contribution in [2.75, 3.05) is 6.26 Å². The Hall–Kier alpha value is -1.33. The number of carboxylic acids is 1. The van der Waals surface area contributed by atoms with Crippen LogP contribution in [-0.2, 0) is 4.79 Å². The van der Waals surface area contributed by atoms with Crippen molar-refractivity contribution in [2.24, 2.45) is 0 Å². The smallest absolute Gasteiger partial charge is 0.310 e. The summed E-state index contributed by atoms with van der Waals surface area (Å²) in [7, 11) is 0. The number of carbonyl (C=O) groups is 1. The Balaban J connectivity index is 2.44. The van der Waals surface area contributed by atoms with Crippen molar-refractivity contribution in [3.8, 4) is 10.6 Å². The molecule has 2 aromatic rings. The van der Waals surface area contributed by atoms with Gasteiger partial charge in [-0.3, -0.25) is 4.79 Å². The van der Waals surface area contributed by atoms with Gasteiger partial charge in [-0.05, 0) is 24.8 Å². The molecule has 1 aromatic carbocycles. The van der Waals surface area contributed by atoms with Crippen LogP contribution in [0.1, 0.15) is 18.4 Å². The molecule has 18 heavy (non-hydrogen) atoms. The van der Waals surface area contributed by atoms with Crippen molar-refractivity contribution in [2.45, 2.75) is 17.7 Å². The Kier molecular flexibility index (Phi) is 4.04. The minimum atomic E-state index is -0.802. The van der Waals surface area contributed by atoms with Crippen LogP contribution in [0.4, 0.5) is 0 Å². The van der Waals surface area contributed by atoms with E-state index < -0.39 is 11.9 Å². The molecule has 0 saturated heterocycles. The van der Waals surface area contributed by atoms with E-state index in [9.17, 15) is 4.79 Å². The summed E-state index contributed by atoms with van der Waals surface area (Å²) in [6.07, 6.45) is 3.76. The summed E-state index contributed by atoms with van der Waals surface area (Å²) in [5.41, 5.74) is 1.89. The minimum Gasteiger partial charge on any atom is -0.481 e. The summed E-state index contributed by atoms with van der Waals surface area (Å²) in [4.78, 5) is 16.4. The van der Waals surface area contributed by atoms with Gasteiger partial charge in [-0.25, -0.2) is 4.98 Å². The molecule has 2 rings (SSSR count). The van der Waals surface area contributed by atoms with Crippen LogP contribution in [-0.4, -0.2) is 22.3 Å². The Labute approximate surface area is 114 Å². The minimum absolute atomic E-state index is 0.485. The average molecular weight is 279 g/mol. The lowest BCUT2D eigenvalue weighted by Crippen LogP contribution is -2.07. The predicted octanol–water partition coefficient (Wildman–Crippen LogP) is 3.72. The van der Waals surface area contributed by atoms with Crippen molar-refractivity contribution >= 4 is 29.1 Å². The molecule has 0 aliphatic heterocycles. The number of aromatic nitrogens is 1. The van der Waals surface area contributed by atoms with Crippen LogP contribution in [0, 0.1) is 0 Å². The molecule has 0 spiro atoms. The molecule has 5 heteroatoms.